The van der Waals surface area contributed by atoms with Crippen LogP contribution in [0.2, 0.25) is 0 Å². The van der Waals surface area contributed by atoms with E-state index in [1.54, 1.807) is 6.92 Å². The van der Waals surface area contributed by atoms with Crippen LogP contribution in [0.1, 0.15) is 6.92 Å². The Morgan fingerprint density at radius 1 is 1.62 bits per heavy atom. The van der Waals surface area contributed by atoms with Gasteiger partial charge in [0.2, 0.25) is 0 Å². The third-order valence-corrected chi connectivity index (χ3v) is 3.26. The maximum absolute atomic E-state index is 10.6. The van der Waals surface area contributed by atoms with Gasteiger partial charge < -0.3 is 4.74 Å². The first kappa shape index (κ1) is 6.88. The van der Waals surface area contributed by atoms with Gasteiger partial charge in [0.1, 0.15) is 0 Å². The predicted octanol–water partition coefficient (Wildman–Crippen LogP) is 2.40. The van der Waals surface area contributed by atoms with Crippen molar-refractivity contribution in [2.24, 2.45) is 0 Å². The van der Waals surface area contributed by atoms with Crippen molar-refractivity contribution in [3.05, 3.63) is 0 Å². The summed E-state index contributed by atoms with van der Waals surface area (Å²) in [6.45, 7) is 1.78. The molecule has 0 N–H and O–H groups in total. The summed E-state index contributed by atoms with van der Waals surface area (Å²) < 4.78 is 15.3. The number of hydrogen-bond donors (Lipinski definition) is 0. The third kappa shape index (κ3) is 1.38. The zero-order chi connectivity index (χ0) is 6.36. The summed E-state index contributed by atoms with van der Waals surface area (Å²) in [6.07, 6.45) is -0.0177. The van der Waals surface area contributed by atoms with Gasteiger partial charge >= 0.3 is 0 Å². The van der Waals surface area contributed by atoms with E-state index in [-0.39, 0.29) is 6.10 Å². The molecule has 2 atom stereocenters. The number of ether oxygens (including phenoxy) is 1. The van der Waals surface area contributed by atoms with E-state index in [0.717, 1.165) is 0 Å². The summed E-state index contributed by atoms with van der Waals surface area (Å²) in [5.41, 5.74) is 0. The van der Waals surface area contributed by atoms with Crippen LogP contribution in [-0.4, -0.2) is 11.9 Å². The van der Waals surface area contributed by atoms with Crippen LogP contribution in [0.4, 0.5) is 0 Å². The molecule has 0 saturated carbocycles. The summed E-state index contributed by atoms with van der Waals surface area (Å²) in [6, 6.07) is 0. The fourth-order valence-corrected chi connectivity index (χ4v) is 2.54. The Hall–Kier alpha value is 0.770. The molecule has 0 aliphatic carbocycles. The van der Waals surface area contributed by atoms with E-state index >= 15 is 0 Å². The standard InChI is InChI=1S/C3H5Cl2O2P/c1-2-3(7-2)8(4,5)6/h2-3H,1H3/t2-,3+/m1/s1. The van der Waals surface area contributed by atoms with Crippen molar-refractivity contribution in [1.82, 2.24) is 0 Å². The average molecular weight is 175 g/mol. The van der Waals surface area contributed by atoms with Crippen LogP contribution in [0.5, 0.6) is 0 Å². The van der Waals surface area contributed by atoms with Gasteiger partial charge in [0.25, 0.3) is 5.85 Å². The lowest BCUT2D eigenvalue weighted by atomic mass is 10.6. The minimum atomic E-state index is -2.96. The predicted molar refractivity (Wildman–Crippen MR) is 33.6 cm³/mol. The molecular weight excluding hydrogens is 170 g/mol. The lowest BCUT2D eigenvalue weighted by molar-refractivity contribution is 0.408. The first-order valence-electron chi connectivity index (χ1n) is 2.16. The highest BCUT2D eigenvalue weighted by atomic mass is 35.9. The minimum absolute atomic E-state index is 0.0177. The molecule has 1 rings (SSSR count). The van der Waals surface area contributed by atoms with E-state index in [2.05, 4.69) is 0 Å². The van der Waals surface area contributed by atoms with Crippen molar-refractivity contribution in [3.8, 4) is 0 Å². The van der Waals surface area contributed by atoms with Gasteiger partial charge in [-0.3, -0.25) is 4.57 Å². The summed E-state index contributed by atoms with van der Waals surface area (Å²) in [4.78, 5) is 0. The highest BCUT2D eigenvalue weighted by Gasteiger charge is 2.47. The van der Waals surface area contributed by atoms with Crippen LogP contribution < -0.4 is 0 Å². The van der Waals surface area contributed by atoms with Gasteiger partial charge in [-0.05, 0) is 29.4 Å². The highest BCUT2D eigenvalue weighted by molar-refractivity contribution is 8.09. The topological polar surface area (TPSA) is 29.6 Å². The normalized spacial score (nSPS) is 37.4. The third-order valence-electron chi connectivity index (χ3n) is 0.975. The van der Waals surface area contributed by atoms with Gasteiger partial charge in [0.15, 0.2) is 5.85 Å². The lowest BCUT2D eigenvalue weighted by Crippen LogP contribution is -1.79. The fourth-order valence-electron chi connectivity index (χ4n) is 0.490. The summed E-state index contributed by atoms with van der Waals surface area (Å²) in [5.74, 6) is -3.36. The molecule has 1 heterocycles. The number of epoxide rings is 1. The quantitative estimate of drug-likeness (QED) is 0.452. The molecule has 0 bridgehead atoms. The molecule has 0 aromatic rings. The number of halogens is 2. The zero-order valence-corrected chi connectivity index (χ0v) is 6.58. The second kappa shape index (κ2) is 1.88. The van der Waals surface area contributed by atoms with Crippen molar-refractivity contribution in [3.63, 3.8) is 0 Å². The molecule has 0 unspecified atom stereocenters. The Bertz CT molecular complexity index is 142. The van der Waals surface area contributed by atoms with E-state index in [9.17, 15) is 4.57 Å². The largest absolute Gasteiger partial charge is 0.359 e. The molecule has 1 aliphatic rings. The van der Waals surface area contributed by atoms with Gasteiger partial charge in [0, 0.05) is 0 Å². The van der Waals surface area contributed by atoms with Gasteiger partial charge in [-0.25, -0.2) is 0 Å². The molecule has 5 heteroatoms. The van der Waals surface area contributed by atoms with Crippen molar-refractivity contribution < 1.29 is 9.30 Å². The summed E-state index contributed by atoms with van der Waals surface area (Å²) in [7, 11) is 0. The SMILES string of the molecule is C[C@H]1O[C@H]1P(=O)(Cl)Cl. The molecule has 2 nitrogen and oxygen atoms in total. The number of rotatable bonds is 1. The molecule has 1 fully saturated rings. The zero-order valence-electron chi connectivity index (χ0n) is 4.17. The second-order valence-electron chi connectivity index (χ2n) is 1.73. The molecule has 0 aromatic carbocycles. The summed E-state index contributed by atoms with van der Waals surface area (Å²) >= 11 is 10.4. The Balaban J connectivity index is 2.52. The number of hydrogen-bond acceptors (Lipinski definition) is 2. The molecule has 0 aromatic heterocycles. The molecule has 0 radical (unpaired) electrons. The van der Waals surface area contributed by atoms with Crippen molar-refractivity contribution in [2.75, 3.05) is 0 Å². The van der Waals surface area contributed by atoms with Gasteiger partial charge in [-0.15, -0.1) is 0 Å². The minimum Gasteiger partial charge on any atom is -0.359 e. The van der Waals surface area contributed by atoms with E-state index in [1.807, 2.05) is 0 Å². The first-order chi connectivity index (χ1) is 3.52. The molecule has 1 aliphatic heterocycles. The van der Waals surface area contributed by atoms with Crippen molar-refractivity contribution in [1.29, 1.82) is 0 Å². The van der Waals surface area contributed by atoms with Crippen LogP contribution in [-0.2, 0) is 9.30 Å². The van der Waals surface area contributed by atoms with Crippen LogP contribution in [0.15, 0.2) is 0 Å². The molecule has 48 valence electrons. The van der Waals surface area contributed by atoms with Crippen LogP contribution >= 0.6 is 28.3 Å². The first-order valence-corrected chi connectivity index (χ1v) is 5.75. The van der Waals surface area contributed by atoms with E-state index < -0.39 is 11.7 Å². The molecule has 0 spiro atoms. The van der Waals surface area contributed by atoms with Gasteiger partial charge in [0.05, 0.1) is 6.10 Å². The maximum atomic E-state index is 10.6. The smallest absolute Gasteiger partial charge is 0.283 e. The van der Waals surface area contributed by atoms with E-state index in [4.69, 9.17) is 27.2 Å². The molecule has 1 saturated heterocycles. The summed E-state index contributed by atoms with van der Waals surface area (Å²) in [5, 5.41) is 0. The lowest BCUT2D eigenvalue weighted by Gasteiger charge is -1.90. The van der Waals surface area contributed by atoms with Crippen LogP contribution in [0.3, 0.4) is 0 Å². The molecule has 0 amide bonds. The Morgan fingerprint density at radius 3 is 2.00 bits per heavy atom. The van der Waals surface area contributed by atoms with Gasteiger partial charge in [-0.1, -0.05) is 0 Å². The highest BCUT2D eigenvalue weighted by Crippen LogP contribution is 2.67. The average Bonchev–Trinajstić information content (AvgIpc) is 2.13. The Labute approximate surface area is 57.1 Å². The molecule has 8 heavy (non-hydrogen) atoms. The molecular formula is C3H5Cl2O2P. The Kier molecular flexibility index (Phi) is 1.62. The van der Waals surface area contributed by atoms with Crippen LogP contribution in [0, 0.1) is 0 Å². The van der Waals surface area contributed by atoms with Crippen molar-refractivity contribution >= 4 is 28.3 Å². The fraction of sp³-hybridized carbons (Fsp3) is 1.00. The van der Waals surface area contributed by atoms with Gasteiger partial charge in [-0.2, -0.15) is 0 Å². The Morgan fingerprint density at radius 2 is 2.00 bits per heavy atom. The van der Waals surface area contributed by atoms with Crippen LogP contribution in [0.25, 0.3) is 0 Å². The van der Waals surface area contributed by atoms with E-state index in [1.165, 1.54) is 0 Å². The monoisotopic (exact) mass is 174 g/mol. The van der Waals surface area contributed by atoms with Crippen molar-refractivity contribution in [2.45, 2.75) is 18.9 Å². The second-order valence-corrected chi connectivity index (χ2v) is 6.78. The maximum Gasteiger partial charge on any atom is 0.283 e. The van der Waals surface area contributed by atoms with E-state index in [0.29, 0.717) is 0 Å².